The molecule has 1 heterocycles. The van der Waals surface area contributed by atoms with Gasteiger partial charge in [0.15, 0.2) is 0 Å². The number of sulfonamides is 1. The molecule has 1 rings (SSSR count). The first-order valence-corrected chi connectivity index (χ1v) is 9.72. The zero-order chi connectivity index (χ0) is 16.4. The van der Waals surface area contributed by atoms with E-state index in [4.69, 9.17) is 10.2 Å². The molecule has 0 aromatic rings. The number of sulfone groups is 1. The van der Waals surface area contributed by atoms with Crippen molar-refractivity contribution in [2.24, 2.45) is 11.8 Å². The normalized spacial score (nSPS) is 24.6. The summed E-state index contributed by atoms with van der Waals surface area (Å²) in [4.78, 5) is 22.1. The van der Waals surface area contributed by atoms with Crippen LogP contribution in [0.25, 0.3) is 0 Å². The Labute approximate surface area is 122 Å². The van der Waals surface area contributed by atoms with E-state index in [9.17, 15) is 26.4 Å². The van der Waals surface area contributed by atoms with Crippen molar-refractivity contribution in [2.45, 2.75) is 6.42 Å². The van der Waals surface area contributed by atoms with Crippen LogP contribution in [0, 0.1) is 11.8 Å². The third-order valence-electron chi connectivity index (χ3n) is 3.32. The van der Waals surface area contributed by atoms with Gasteiger partial charge in [0, 0.05) is 19.3 Å². The van der Waals surface area contributed by atoms with Crippen molar-refractivity contribution >= 4 is 31.8 Å². The van der Waals surface area contributed by atoms with Crippen LogP contribution in [-0.2, 0) is 29.4 Å². The molecule has 122 valence electrons. The molecule has 9 nitrogen and oxygen atoms in total. The van der Waals surface area contributed by atoms with Gasteiger partial charge in [0.05, 0.1) is 23.3 Å². The summed E-state index contributed by atoms with van der Waals surface area (Å²) < 4.78 is 46.9. The quantitative estimate of drug-likeness (QED) is 0.590. The first kappa shape index (κ1) is 17.9. The van der Waals surface area contributed by atoms with E-state index < -0.39 is 61.7 Å². The summed E-state index contributed by atoms with van der Waals surface area (Å²) in [6.45, 7) is -0.592. The summed E-state index contributed by atoms with van der Waals surface area (Å²) in [5, 5.41) is 18.0. The molecule has 21 heavy (non-hydrogen) atoms. The molecule has 0 aromatic carbocycles. The number of hydrogen-bond acceptors (Lipinski definition) is 6. The number of hydrogen-bond donors (Lipinski definition) is 2. The lowest BCUT2D eigenvalue weighted by Gasteiger charge is -2.33. The van der Waals surface area contributed by atoms with Gasteiger partial charge in [-0.25, -0.2) is 21.1 Å². The van der Waals surface area contributed by atoms with Gasteiger partial charge in [-0.2, -0.15) is 0 Å². The van der Waals surface area contributed by atoms with E-state index in [1.807, 2.05) is 0 Å². The SMILES string of the molecule is CS(=O)(=O)CCS(=O)(=O)N1CCC(C(=O)O)C(C(=O)O)C1. The second-order valence-electron chi connectivity index (χ2n) is 4.98. The fourth-order valence-corrected chi connectivity index (χ4v) is 5.19. The molecule has 0 saturated carbocycles. The molecule has 0 aliphatic carbocycles. The molecule has 0 spiro atoms. The van der Waals surface area contributed by atoms with Crippen LogP contribution < -0.4 is 0 Å². The highest BCUT2D eigenvalue weighted by Crippen LogP contribution is 2.26. The topological polar surface area (TPSA) is 146 Å². The van der Waals surface area contributed by atoms with E-state index in [1.165, 1.54) is 0 Å². The molecule has 0 aromatic heterocycles. The molecule has 1 saturated heterocycles. The zero-order valence-corrected chi connectivity index (χ0v) is 12.9. The predicted molar refractivity (Wildman–Crippen MR) is 71.9 cm³/mol. The largest absolute Gasteiger partial charge is 0.481 e. The minimum atomic E-state index is -3.93. The molecule has 0 bridgehead atoms. The van der Waals surface area contributed by atoms with Crippen molar-refractivity contribution in [1.82, 2.24) is 4.31 Å². The molecule has 1 fully saturated rings. The lowest BCUT2D eigenvalue weighted by Crippen LogP contribution is -2.49. The van der Waals surface area contributed by atoms with Crippen LogP contribution in [0.3, 0.4) is 0 Å². The summed E-state index contributed by atoms with van der Waals surface area (Å²) in [7, 11) is -7.40. The van der Waals surface area contributed by atoms with E-state index in [0.717, 1.165) is 10.6 Å². The summed E-state index contributed by atoms with van der Waals surface area (Å²) in [6.07, 6.45) is 0.781. The van der Waals surface area contributed by atoms with E-state index in [2.05, 4.69) is 0 Å². The number of carboxylic acids is 2. The molecule has 1 aliphatic rings. The molecule has 2 unspecified atom stereocenters. The molecule has 0 amide bonds. The van der Waals surface area contributed by atoms with E-state index >= 15 is 0 Å². The van der Waals surface area contributed by atoms with Gasteiger partial charge in [0.25, 0.3) is 0 Å². The maximum atomic E-state index is 12.0. The maximum absolute atomic E-state index is 12.0. The second-order valence-corrected chi connectivity index (χ2v) is 9.33. The highest BCUT2D eigenvalue weighted by molar-refractivity contribution is 7.93. The van der Waals surface area contributed by atoms with Gasteiger partial charge >= 0.3 is 11.9 Å². The summed E-state index contributed by atoms with van der Waals surface area (Å²) in [5.41, 5.74) is 0. The lowest BCUT2D eigenvalue weighted by atomic mass is 9.86. The standard InChI is InChI=1S/C10H17NO8S2/c1-20(16,17)4-5-21(18,19)11-3-2-7(9(12)13)8(6-11)10(14)15/h7-8H,2-6H2,1H3,(H,12,13)(H,14,15). The van der Waals surface area contributed by atoms with E-state index in [-0.39, 0.29) is 13.0 Å². The van der Waals surface area contributed by atoms with Gasteiger partial charge in [-0.15, -0.1) is 0 Å². The summed E-state index contributed by atoms with van der Waals surface area (Å²) in [6, 6.07) is 0. The van der Waals surface area contributed by atoms with E-state index in [0.29, 0.717) is 0 Å². The van der Waals surface area contributed by atoms with Gasteiger partial charge in [-0.3, -0.25) is 9.59 Å². The third kappa shape index (κ3) is 4.93. The van der Waals surface area contributed by atoms with Crippen molar-refractivity contribution in [3.63, 3.8) is 0 Å². The third-order valence-corrected chi connectivity index (χ3v) is 6.36. The Morgan fingerprint density at radius 3 is 2.00 bits per heavy atom. The highest BCUT2D eigenvalue weighted by atomic mass is 32.2. The molecule has 0 radical (unpaired) electrons. The molecular formula is C10H17NO8S2. The zero-order valence-electron chi connectivity index (χ0n) is 11.3. The maximum Gasteiger partial charge on any atom is 0.308 e. The first-order chi connectivity index (χ1) is 9.44. The average Bonchev–Trinajstić information content (AvgIpc) is 2.34. The van der Waals surface area contributed by atoms with Crippen LogP contribution in [0.1, 0.15) is 6.42 Å². The van der Waals surface area contributed by atoms with Gasteiger partial charge in [0.1, 0.15) is 9.84 Å². The van der Waals surface area contributed by atoms with Crippen molar-refractivity contribution in [2.75, 3.05) is 30.9 Å². The molecule has 11 heteroatoms. The molecule has 1 aliphatic heterocycles. The summed E-state index contributed by atoms with van der Waals surface area (Å²) >= 11 is 0. The number of aliphatic carboxylic acids is 2. The van der Waals surface area contributed by atoms with Crippen LogP contribution in [0.15, 0.2) is 0 Å². The predicted octanol–water partition coefficient (Wildman–Crippen LogP) is -1.53. The van der Waals surface area contributed by atoms with Crippen molar-refractivity contribution in [3.8, 4) is 0 Å². The van der Waals surface area contributed by atoms with Gasteiger partial charge < -0.3 is 10.2 Å². The fourth-order valence-electron chi connectivity index (χ4n) is 2.11. The number of carboxylic acid groups (broad SMARTS) is 2. The Balaban J connectivity index is 2.87. The van der Waals surface area contributed by atoms with Crippen LogP contribution >= 0.6 is 0 Å². The number of piperidine rings is 1. The lowest BCUT2D eigenvalue weighted by molar-refractivity contribution is -0.156. The molecule has 2 atom stereocenters. The minimum Gasteiger partial charge on any atom is -0.481 e. The van der Waals surface area contributed by atoms with Crippen molar-refractivity contribution < 1.29 is 36.6 Å². The van der Waals surface area contributed by atoms with Gasteiger partial charge in [-0.05, 0) is 6.42 Å². The Morgan fingerprint density at radius 1 is 1.05 bits per heavy atom. The average molecular weight is 343 g/mol. The molecule has 2 N–H and O–H groups in total. The van der Waals surface area contributed by atoms with Crippen molar-refractivity contribution in [1.29, 1.82) is 0 Å². The minimum absolute atomic E-state index is 0.121. The number of rotatable bonds is 6. The number of carbonyl (C=O) groups is 2. The summed E-state index contributed by atoms with van der Waals surface area (Å²) in [5.74, 6) is -6.36. The fraction of sp³-hybridized carbons (Fsp3) is 0.800. The second kappa shape index (κ2) is 6.28. The number of nitrogens with zero attached hydrogens (tertiary/aromatic N) is 1. The highest BCUT2D eigenvalue weighted by Gasteiger charge is 2.42. The van der Waals surface area contributed by atoms with Crippen LogP contribution in [0.5, 0.6) is 0 Å². The van der Waals surface area contributed by atoms with Gasteiger partial charge in [-0.1, -0.05) is 0 Å². The van der Waals surface area contributed by atoms with Crippen LogP contribution in [-0.4, -0.2) is 74.1 Å². The smallest absolute Gasteiger partial charge is 0.308 e. The Kier molecular flexibility index (Phi) is 5.34. The Hall–Kier alpha value is -1.20. The van der Waals surface area contributed by atoms with Crippen LogP contribution in [0.2, 0.25) is 0 Å². The first-order valence-electron chi connectivity index (χ1n) is 6.05. The van der Waals surface area contributed by atoms with Crippen LogP contribution in [0.4, 0.5) is 0 Å². The Morgan fingerprint density at radius 2 is 1.57 bits per heavy atom. The van der Waals surface area contributed by atoms with E-state index in [1.54, 1.807) is 0 Å². The monoisotopic (exact) mass is 343 g/mol. The van der Waals surface area contributed by atoms with Gasteiger partial charge in [0.2, 0.25) is 10.0 Å². The molecular weight excluding hydrogens is 326 g/mol. The Bertz CT molecular complexity index is 623. The van der Waals surface area contributed by atoms with Crippen molar-refractivity contribution in [3.05, 3.63) is 0 Å².